The predicted octanol–water partition coefficient (Wildman–Crippen LogP) is 2.23. The highest BCUT2D eigenvalue weighted by atomic mass is 16.5. The largest absolute Gasteiger partial charge is 0.468 e. The number of methoxy groups -OCH3 is 1. The zero-order valence-corrected chi connectivity index (χ0v) is 14.2. The van der Waals surface area contributed by atoms with Crippen molar-refractivity contribution in [2.75, 3.05) is 32.1 Å². The normalized spacial score (nSPS) is 16.1. The lowest BCUT2D eigenvalue weighted by Crippen LogP contribution is -2.41. The average Bonchev–Trinajstić information content (AvgIpc) is 3.03. The topological polar surface area (TPSA) is 59.4 Å². The fourth-order valence-corrected chi connectivity index (χ4v) is 3.05. The number of anilines is 1. The van der Waals surface area contributed by atoms with Crippen LogP contribution in [0.25, 0.3) is 5.69 Å². The number of para-hydroxylation sites is 2. The van der Waals surface area contributed by atoms with Gasteiger partial charge >= 0.3 is 5.97 Å². The van der Waals surface area contributed by atoms with E-state index in [4.69, 9.17) is 4.74 Å². The number of nitrogens with one attached hydrogen (secondary N) is 1. The number of aromatic nitrogens is 2. The lowest BCUT2D eigenvalue weighted by molar-refractivity contribution is -0.142. The quantitative estimate of drug-likeness (QED) is 0.853. The summed E-state index contributed by atoms with van der Waals surface area (Å²) in [7, 11) is 1.44. The van der Waals surface area contributed by atoms with Gasteiger partial charge in [-0.1, -0.05) is 12.1 Å². The van der Waals surface area contributed by atoms with E-state index in [1.54, 1.807) is 0 Å². The molecule has 0 unspecified atom stereocenters. The SMILES string of the molecule is COC(=O)CN1CCC(Nc2ccccc2-n2ccc(C)n2)CC1. The van der Waals surface area contributed by atoms with Crippen molar-refractivity contribution in [3.63, 3.8) is 0 Å². The third-order valence-corrected chi connectivity index (χ3v) is 4.40. The second-order valence-electron chi connectivity index (χ2n) is 6.19. The van der Waals surface area contributed by atoms with E-state index >= 15 is 0 Å². The Balaban J connectivity index is 1.63. The van der Waals surface area contributed by atoms with Gasteiger partial charge in [-0.2, -0.15) is 5.10 Å². The van der Waals surface area contributed by atoms with E-state index in [2.05, 4.69) is 27.4 Å². The molecule has 128 valence electrons. The molecule has 0 saturated carbocycles. The summed E-state index contributed by atoms with van der Waals surface area (Å²) >= 11 is 0. The fraction of sp³-hybridized carbons (Fsp3) is 0.444. The van der Waals surface area contributed by atoms with Gasteiger partial charge in [0.05, 0.1) is 30.7 Å². The van der Waals surface area contributed by atoms with Gasteiger partial charge in [-0.15, -0.1) is 0 Å². The van der Waals surface area contributed by atoms with Crippen molar-refractivity contribution in [2.24, 2.45) is 0 Å². The number of piperidine rings is 1. The molecule has 6 nitrogen and oxygen atoms in total. The van der Waals surface area contributed by atoms with Gasteiger partial charge in [-0.25, -0.2) is 4.68 Å². The highest BCUT2D eigenvalue weighted by Gasteiger charge is 2.21. The first-order chi connectivity index (χ1) is 11.7. The van der Waals surface area contributed by atoms with Crippen LogP contribution in [0, 0.1) is 6.92 Å². The number of carbonyl (C=O) groups excluding carboxylic acids is 1. The number of rotatable bonds is 5. The molecule has 3 rings (SSSR count). The highest BCUT2D eigenvalue weighted by Crippen LogP contribution is 2.23. The number of esters is 1. The van der Waals surface area contributed by atoms with Gasteiger partial charge in [0.2, 0.25) is 0 Å². The number of nitrogens with zero attached hydrogens (tertiary/aromatic N) is 3. The van der Waals surface area contributed by atoms with E-state index in [9.17, 15) is 4.79 Å². The van der Waals surface area contributed by atoms with Gasteiger partial charge in [0.1, 0.15) is 0 Å². The number of ether oxygens (including phenoxy) is 1. The molecule has 1 N–H and O–H groups in total. The minimum atomic E-state index is -0.166. The van der Waals surface area contributed by atoms with Crippen molar-refractivity contribution in [1.82, 2.24) is 14.7 Å². The van der Waals surface area contributed by atoms with Crippen LogP contribution in [0.4, 0.5) is 5.69 Å². The minimum Gasteiger partial charge on any atom is -0.468 e. The Labute approximate surface area is 142 Å². The summed E-state index contributed by atoms with van der Waals surface area (Å²) in [5.74, 6) is -0.166. The number of hydrogen-bond donors (Lipinski definition) is 1. The lowest BCUT2D eigenvalue weighted by Gasteiger charge is -2.32. The molecule has 1 aromatic carbocycles. The third kappa shape index (κ3) is 3.94. The molecule has 1 fully saturated rings. The minimum absolute atomic E-state index is 0.166. The molecule has 0 atom stereocenters. The Kier molecular flexibility index (Phi) is 5.15. The van der Waals surface area contributed by atoms with Crippen LogP contribution < -0.4 is 5.32 Å². The Morgan fingerprint density at radius 1 is 1.29 bits per heavy atom. The molecule has 1 aliphatic rings. The van der Waals surface area contributed by atoms with Crippen molar-refractivity contribution in [3.05, 3.63) is 42.2 Å². The predicted molar refractivity (Wildman–Crippen MR) is 93.4 cm³/mol. The van der Waals surface area contributed by atoms with Crippen LogP contribution in [-0.4, -0.2) is 53.4 Å². The van der Waals surface area contributed by atoms with E-state index in [0.717, 1.165) is 43.0 Å². The first-order valence-corrected chi connectivity index (χ1v) is 8.33. The van der Waals surface area contributed by atoms with Gasteiger partial charge in [0, 0.05) is 25.3 Å². The molecule has 6 heteroatoms. The molecular weight excluding hydrogens is 304 g/mol. The van der Waals surface area contributed by atoms with Crippen molar-refractivity contribution in [3.8, 4) is 5.69 Å². The molecule has 0 amide bonds. The number of carbonyl (C=O) groups is 1. The lowest BCUT2D eigenvalue weighted by atomic mass is 10.0. The highest BCUT2D eigenvalue weighted by molar-refractivity contribution is 5.71. The summed E-state index contributed by atoms with van der Waals surface area (Å²) in [5.41, 5.74) is 3.15. The molecular formula is C18H24N4O2. The summed E-state index contributed by atoms with van der Waals surface area (Å²) in [6, 6.07) is 10.6. The maximum absolute atomic E-state index is 11.4. The van der Waals surface area contributed by atoms with E-state index in [0.29, 0.717) is 12.6 Å². The number of aryl methyl sites for hydroxylation is 1. The molecule has 0 radical (unpaired) electrons. The Morgan fingerprint density at radius 2 is 2.04 bits per heavy atom. The van der Waals surface area contributed by atoms with Gasteiger partial charge in [0.15, 0.2) is 0 Å². The van der Waals surface area contributed by atoms with Crippen LogP contribution >= 0.6 is 0 Å². The van der Waals surface area contributed by atoms with E-state index in [-0.39, 0.29) is 5.97 Å². The zero-order valence-electron chi connectivity index (χ0n) is 14.2. The standard InChI is InChI=1S/C18H24N4O2/c1-14-7-12-22(20-14)17-6-4-3-5-16(17)19-15-8-10-21(11-9-15)13-18(23)24-2/h3-7,12,15,19H,8-11,13H2,1-2H3. The van der Waals surface area contributed by atoms with Crippen LogP contribution in [0.1, 0.15) is 18.5 Å². The smallest absolute Gasteiger partial charge is 0.319 e. The molecule has 2 heterocycles. The molecule has 24 heavy (non-hydrogen) atoms. The molecule has 1 aromatic heterocycles. The number of hydrogen-bond acceptors (Lipinski definition) is 5. The van der Waals surface area contributed by atoms with Crippen LogP contribution in [-0.2, 0) is 9.53 Å². The average molecular weight is 328 g/mol. The van der Waals surface area contributed by atoms with Crippen LogP contribution in [0.5, 0.6) is 0 Å². The van der Waals surface area contributed by atoms with Gasteiger partial charge in [-0.05, 0) is 38.0 Å². The molecule has 1 saturated heterocycles. The monoisotopic (exact) mass is 328 g/mol. The summed E-state index contributed by atoms with van der Waals surface area (Å²) in [4.78, 5) is 13.5. The van der Waals surface area contributed by atoms with Crippen molar-refractivity contribution in [1.29, 1.82) is 0 Å². The summed E-state index contributed by atoms with van der Waals surface area (Å²) in [5, 5.41) is 8.15. The van der Waals surface area contributed by atoms with E-state index in [1.807, 2.05) is 36.0 Å². The van der Waals surface area contributed by atoms with Crippen LogP contribution in [0.3, 0.4) is 0 Å². The first-order valence-electron chi connectivity index (χ1n) is 8.33. The maximum atomic E-state index is 11.4. The number of benzene rings is 1. The molecule has 1 aliphatic heterocycles. The fourth-order valence-electron chi connectivity index (χ4n) is 3.05. The second-order valence-corrected chi connectivity index (χ2v) is 6.19. The van der Waals surface area contributed by atoms with E-state index in [1.165, 1.54) is 7.11 Å². The second kappa shape index (κ2) is 7.49. The first kappa shape index (κ1) is 16.5. The van der Waals surface area contributed by atoms with Crippen LogP contribution in [0.2, 0.25) is 0 Å². The van der Waals surface area contributed by atoms with Crippen LogP contribution in [0.15, 0.2) is 36.5 Å². The Bertz CT molecular complexity index is 690. The summed E-state index contributed by atoms with van der Waals surface area (Å²) in [6.45, 7) is 4.17. The molecule has 0 aliphatic carbocycles. The van der Waals surface area contributed by atoms with Gasteiger partial charge < -0.3 is 10.1 Å². The number of likely N-dealkylation sites (tertiary alicyclic amines) is 1. The van der Waals surface area contributed by atoms with Crippen molar-refractivity contribution in [2.45, 2.75) is 25.8 Å². The molecule has 0 bridgehead atoms. The Hall–Kier alpha value is -2.34. The summed E-state index contributed by atoms with van der Waals surface area (Å²) in [6.07, 6.45) is 3.99. The van der Waals surface area contributed by atoms with Crippen molar-refractivity contribution < 1.29 is 9.53 Å². The molecule has 2 aromatic rings. The zero-order chi connectivity index (χ0) is 16.9. The third-order valence-electron chi connectivity index (χ3n) is 4.40. The van der Waals surface area contributed by atoms with E-state index < -0.39 is 0 Å². The van der Waals surface area contributed by atoms with Crippen molar-refractivity contribution >= 4 is 11.7 Å². The summed E-state index contributed by atoms with van der Waals surface area (Å²) < 4.78 is 6.64. The Morgan fingerprint density at radius 3 is 2.71 bits per heavy atom. The van der Waals surface area contributed by atoms with Gasteiger partial charge in [0.25, 0.3) is 0 Å². The maximum Gasteiger partial charge on any atom is 0.319 e. The van der Waals surface area contributed by atoms with Gasteiger partial charge in [-0.3, -0.25) is 9.69 Å². The molecule has 0 spiro atoms.